The molecule has 0 amide bonds. The highest BCUT2D eigenvalue weighted by Crippen LogP contribution is 2.17. The summed E-state index contributed by atoms with van der Waals surface area (Å²) in [5.74, 6) is -0.651. The van der Waals surface area contributed by atoms with E-state index in [0.717, 1.165) is 57.8 Å². The molecule has 0 aromatic heterocycles. The number of allylic oxidation sites excluding steroid dienone is 10. The average molecular weight is 867 g/mol. The third kappa shape index (κ3) is 50.2. The normalized spacial score (nSPS) is 12.6. The number of carbonyl (C=O) groups is 2. The van der Waals surface area contributed by atoms with Gasteiger partial charge in [-0.15, -0.1) is 0 Å². The molecule has 0 saturated carbocycles. The molecule has 0 rings (SSSR count). The number of aliphatic hydroxyl groups is 1. The van der Waals surface area contributed by atoms with Gasteiger partial charge < -0.3 is 14.6 Å². The van der Waals surface area contributed by atoms with Crippen LogP contribution in [0.2, 0.25) is 0 Å². The van der Waals surface area contributed by atoms with E-state index in [1.165, 1.54) is 180 Å². The molecule has 0 bridgehead atoms. The van der Waals surface area contributed by atoms with Crippen molar-refractivity contribution < 1.29 is 24.2 Å². The van der Waals surface area contributed by atoms with Gasteiger partial charge in [-0.05, 0) is 51.4 Å². The van der Waals surface area contributed by atoms with Gasteiger partial charge in [0, 0.05) is 12.8 Å². The summed E-state index contributed by atoms with van der Waals surface area (Å²) < 4.78 is 10.6. The van der Waals surface area contributed by atoms with Crippen LogP contribution in [0.15, 0.2) is 60.8 Å². The first-order valence-electron chi connectivity index (χ1n) is 26.8. The summed E-state index contributed by atoms with van der Waals surface area (Å²) in [7, 11) is 0. The zero-order valence-corrected chi connectivity index (χ0v) is 41.1. The molecule has 0 aliphatic heterocycles. The maximum Gasteiger partial charge on any atom is 0.306 e. The lowest BCUT2D eigenvalue weighted by Crippen LogP contribution is -2.28. The summed E-state index contributed by atoms with van der Waals surface area (Å²) in [6.45, 7) is 4.01. The number of hydrogen-bond donors (Lipinski definition) is 1. The summed E-state index contributed by atoms with van der Waals surface area (Å²) in [6.07, 6.45) is 70.7. The highest BCUT2D eigenvalue weighted by molar-refractivity contribution is 5.70. The zero-order chi connectivity index (χ0) is 44.9. The van der Waals surface area contributed by atoms with Crippen LogP contribution in [-0.4, -0.2) is 36.4 Å². The third-order valence-corrected chi connectivity index (χ3v) is 11.8. The molecule has 5 nitrogen and oxygen atoms in total. The van der Waals surface area contributed by atoms with Gasteiger partial charge in [0.2, 0.25) is 0 Å². The number of esters is 2. The molecule has 62 heavy (non-hydrogen) atoms. The van der Waals surface area contributed by atoms with E-state index in [4.69, 9.17) is 9.47 Å². The number of rotatable bonds is 49. The van der Waals surface area contributed by atoms with E-state index in [2.05, 4.69) is 74.6 Å². The highest BCUT2D eigenvalue weighted by atomic mass is 16.6. The second-order valence-electron chi connectivity index (χ2n) is 17.9. The Balaban J connectivity index is 3.46. The fraction of sp³-hybridized carbons (Fsp3) is 0.789. The molecular weight excluding hydrogens is 765 g/mol. The average Bonchev–Trinajstić information content (AvgIpc) is 3.28. The Bertz CT molecular complexity index is 1070. The molecule has 1 atom stereocenters. The van der Waals surface area contributed by atoms with E-state index < -0.39 is 6.10 Å². The summed E-state index contributed by atoms with van der Waals surface area (Å²) in [4.78, 5) is 24.4. The molecule has 0 radical (unpaired) electrons. The van der Waals surface area contributed by atoms with E-state index in [1.54, 1.807) is 0 Å². The molecule has 0 aliphatic rings. The van der Waals surface area contributed by atoms with Gasteiger partial charge in [0.05, 0.1) is 6.61 Å². The monoisotopic (exact) mass is 867 g/mol. The molecule has 0 spiro atoms. The van der Waals surface area contributed by atoms with Crippen LogP contribution in [0, 0.1) is 0 Å². The Morgan fingerprint density at radius 2 is 0.694 bits per heavy atom. The molecule has 0 heterocycles. The largest absolute Gasteiger partial charge is 0.462 e. The minimum Gasteiger partial charge on any atom is -0.462 e. The van der Waals surface area contributed by atoms with Crippen molar-refractivity contribution in [2.24, 2.45) is 0 Å². The van der Waals surface area contributed by atoms with Gasteiger partial charge in [0.15, 0.2) is 6.10 Å². The van der Waals surface area contributed by atoms with Crippen LogP contribution >= 0.6 is 0 Å². The smallest absolute Gasteiger partial charge is 0.306 e. The molecule has 5 heteroatoms. The van der Waals surface area contributed by atoms with Gasteiger partial charge >= 0.3 is 11.9 Å². The number of unbranched alkanes of at least 4 members (excludes halogenated alkanes) is 31. The predicted octanol–water partition coefficient (Wildman–Crippen LogP) is 17.9. The summed E-state index contributed by atoms with van der Waals surface area (Å²) in [5.41, 5.74) is 0. The van der Waals surface area contributed by atoms with Gasteiger partial charge in [-0.25, -0.2) is 0 Å². The fourth-order valence-corrected chi connectivity index (χ4v) is 7.83. The van der Waals surface area contributed by atoms with Gasteiger partial charge in [-0.2, -0.15) is 0 Å². The van der Waals surface area contributed by atoms with Gasteiger partial charge in [-0.1, -0.05) is 267 Å². The maximum atomic E-state index is 12.2. The van der Waals surface area contributed by atoms with Gasteiger partial charge in [0.25, 0.3) is 0 Å². The lowest BCUT2D eigenvalue weighted by Gasteiger charge is -2.15. The van der Waals surface area contributed by atoms with E-state index in [-0.39, 0.29) is 31.6 Å². The van der Waals surface area contributed by atoms with Crippen LogP contribution in [-0.2, 0) is 19.1 Å². The molecule has 0 aromatic carbocycles. The van der Waals surface area contributed by atoms with Gasteiger partial charge in [-0.3, -0.25) is 9.59 Å². The van der Waals surface area contributed by atoms with Crippen LogP contribution in [0.1, 0.15) is 271 Å². The first-order chi connectivity index (χ1) is 30.6. The standard InChI is InChI=1S/C57H102O5/c1-3-5-7-9-11-13-15-17-19-21-22-23-24-25-26-27-28-29-30-31-32-33-34-36-37-39-41-43-45-47-49-51-56(59)61-54-55(53-58)62-57(60)52-50-48-46-44-42-40-38-35-20-18-16-14-12-10-8-6-4-2/h6,8,12,14,18,20,38,40,44,46,55,58H,3-5,7,9-11,13,15-17,19,21-37,39,41-43,45,47-54H2,1-2H3/b8-6-,14-12-,20-18-,40-38-,46-44-. The van der Waals surface area contributed by atoms with Crippen molar-refractivity contribution in [1.82, 2.24) is 0 Å². The SMILES string of the molecule is CC/C=C\C/C=C\C/C=C\C/C=C\C/C=C\CCCC(=O)OC(CO)COC(=O)CCCCCCCCCCCCCCCCCCCCCCCCCCCCCCCCC. The topological polar surface area (TPSA) is 72.8 Å². The van der Waals surface area contributed by atoms with E-state index in [1.807, 2.05) is 0 Å². The molecule has 0 aromatic rings. The lowest BCUT2D eigenvalue weighted by atomic mass is 10.0. The van der Waals surface area contributed by atoms with Crippen molar-refractivity contribution >= 4 is 11.9 Å². The van der Waals surface area contributed by atoms with E-state index in [0.29, 0.717) is 12.8 Å². The number of ether oxygens (including phenoxy) is 2. The molecule has 0 aliphatic carbocycles. The fourth-order valence-electron chi connectivity index (χ4n) is 7.83. The van der Waals surface area contributed by atoms with E-state index >= 15 is 0 Å². The third-order valence-electron chi connectivity index (χ3n) is 11.8. The van der Waals surface area contributed by atoms with Crippen LogP contribution < -0.4 is 0 Å². The first kappa shape index (κ1) is 59.6. The Kier molecular flexibility index (Phi) is 50.9. The summed E-state index contributed by atoms with van der Waals surface area (Å²) in [5, 5.41) is 9.61. The predicted molar refractivity (Wildman–Crippen MR) is 270 cm³/mol. The van der Waals surface area contributed by atoms with Crippen LogP contribution in [0.4, 0.5) is 0 Å². The number of carbonyl (C=O) groups excluding carboxylic acids is 2. The van der Waals surface area contributed by atoms with Crippen molar-refractivity contribution in [3.05, 3.63) is 60.8 Å². The quantitative estimate of drug-likeness (QED) is 0.0375. The first-order valence-corrected chi connectivity index (χ1v) is 26.8. The second-order valence-corrected chi connectivity index (χ2v) is 17.9. The number of hydrogen-bond acceptors (Lipinski definition) is 5. The molecule has 0 fully saturated rings. The molecule has 0 saturated heterocycles. The van der Waals surface area contributed by atoms with Crippen molar-refractivity contribution in [3.8, 4) is 0 Å². The summed E-state index contributed by atoms with van der Waals surface area (Å²) in [6, 6.07) is 0. The molecule has 1 N–H and O–H groups in total. The Labute approximate surface area is 385 Å². The van der Waals surface area contributed by atoms with Crippen molar-refractivity contribution in [2.75, 3.05) is 13.2 Å². The minimum absolute atomic E-state index is 0.0878. The molecule has 360 valence electrons. The van der Waals surface area contributed by atoms with E-state index in [9.17, 15) is 14.7 Å². The lowest BCUT2D eigenvalue weighted by molar-refractivity contribution is -0.161. The van der Waals surface area contributed by atoms with Crippen LogP contribution in [0.5, 0.6) is 0 Å². The van der Waals surface area contributed by atoms with Crippen LogP contribution in [0.3, 0.4) is 0 Å². The Morgan fingerprint density at radius 3 is 1.03 bits per heavy atom. The van der Waals surface area contributed by atoms with Crippen molar-refractivity contribution in [1.29, 1.82) is 0 Å². The van der Waals surface area contributed by atoms with Crippen LogP contribution in [0.25, 0.3) is 0 Å². The zero-order valence-electron chi connectivity index (χ0n) is 41.1. The summed E-state index contributed by atoms with van der Waals surface area (Å²) >= 11 is 0. The highest BCUT2D eigenvalue weighted by Gasteiger charge is 2.16. The van der Waals surface area contributed by atoms with Crippen molar-refractivity contribution in [3.63, 3.8) is 0 Å². The maximum absolute atomic E-state index is 12.2. The van der Waals surface area contributed by atoms with Crippen molar-refractivity contribution in [2.45, 2.75) is 277 Å². The second kappa shape index (κ2) is 52.9. The minimum atomic E-state index is -0.802. The Morgan fingerprint density at radius 1 is 0.387 bits per heavy atom. The molecular formula is C57H102O5. The molecule has 1 unspecified atom stereocenters. The Hall–Kier alpha value is -2.40. The number of aliphatic hydroxyl groups excluding tert-OH is 1. The van der Waals surface area contributed by atoms with Gasteiger partial charge in [0.1, 0.15) is 6.61 Å².